The van der Waals surface area contributed by atoms with Gasteiger partial charge in [0.15, 0.2) is 0 Å². The van der Waals surface area contributed by atoms with Crippen LogP contribution in [0.5, 0.6) is 0 Å². The van der Waals surface area contributed by atoms with Gasteiger partial charge in [0.1, 0.15) is 0 Å². The predicted octanol–water partition coefficient (Wildman–Crippen LogP) is 14.4. The maximum absolute atomic E-state index is 5.50. The Hall–Kier alpha value is -6.86. The standard InChI is InChI=1S/C52H32N4S2/c1-2-12-33(13-3-1)55-42-18-8-4-16-36(42)50-44(55)24-25-45-51(50)37-17-5-9-19-43(37)56(45)52-53-40(31-22-26-48-38(28-31)34-14-6-10-20-46(34)57-48)30-41(54-52)32-23-27-49-39(29-32)35-15-7-11-21-47(35)58-49/h1-30,36,42H. The third kappa shape index (κ3) is 4.67. The second-order valence-corrected chi connectivity index (χ2v) is 17.5. The molecule has 0 saturated carbocycles. The fourth-order valence-corrected chi connectivity index (χ4v) is 11.8. The van der Waals surface area contributed by atoms with Gasteiger partial charge in [-0.15, -0.1) is 22.7 Å². The van der Waals surface area contributed by atoms with Crippen LogP contribution in [0.25, 0.3) is 90.6 Å². The SMILES string of the molecule is C1=CC2c3c(ccc4c3c3ccccc3n4-c3nc(-c4ccc5sc6ccccc6c5c4)cc(-c4ccc5sc6ccccc6c5c4)n3)N(c3ccccc3)C2C=C1. The lowest BCUT2D eigenvalue weighted by Gasteiger charge is -2.28. The Balaban J connectivity index is 1.08. The van der Waals surface area contributed by atoms with Crippen LogP contribution in [-0.4, -0.2) is 20.6 Å². The van der Waals surface area contributed by atoms with E-state index < -0.39 is 0 Å². The van der Waals surface area contributed by atoms with Crippen LogP contribution in [0.2, 0.25) is 0 Å². The predicted molar refractivity (Wildman–Crippen MR) is 246 cm³/mol. The molecule has 6 heteroatoms. The minimum absolute atomic E-state index is 0.187. The van der Waals surface area contributed by atoms with E-state index in [2.05, 4.69) is 191 Å². The molecular weight excluding hydrogens is 745 g/mol. The largest absolute Gasteiger partial charge is 0.333 e. The van der Waals surface area contributed by atoms with E-state index in [1.54, 1.807) is 0 Å². The van der Waals surface area contributed by atoms with Crippen LogP contribution in [0.1, 0.15) is 11.5 Å². The van der Waals surface area contributed by atoms with Gasteiger partial charge in [-0.3, -0.25) is 4.57 Å². The Kier molecular flexibility index (Phi) is 6.85. The van der Waals surface area contributed by atoms with Crippen molar-refractivity contribution in [3.05, 3.63) is 188 Å². The molecular formula is C52H32N4S2. The van der Waals surface area contributed by atoms with Gasteiger partial charge in [0.25, 0.3) is 0 Å². The average Bonchev–Trinajstić information content (AvgIpc) is 4.03. The molecule has 5 heterocycles. The summed E-state index contributed by atoms with van der Waals surface area (Å²) in [7, 11) is 0. The molecule has 4 nitrogen and oxygen atoms in total. The molecule has 4 aromatic heterocycles. The Bertz CT molecular complexity index is 3420. The molecule has 1 aliphatic heterocycles. The fourth-order valence-electron chi connectivity index (χ4n) is 9.61. The Morgan fingerprint density at radius 2 is 1.05 bits per heavy atom. The summed E-state index contributed by atoms with van der Waals surface area (Å²) in [5.74, 6) is 0.864. The summed E-state index contributed by atoms with van der Waals surface area (Å²) in [5.41, 5.74) is 9.95. The molecule has 2 atom stereocenters. The van der Waals surface area contributed by atoms with Gasteiger partial charge in [-0.05, 0) is 78.4 Å². The Labute approximate surface area is 341 Å². The third-order valence-corrected chi connectivity index (χ3v) is 14.4. The van der Waals surface area contributed by atoms with Gasteiger partial charge in [0.05, 0.1) is 28.5 Å². The van der Waals surface area contributed by atoms with Gasteiger partial charge >= 0.3 is 0 Å². The molecule has 0 bridgehead atoms. The summed E-state index contributed by atoms with van der Waals surface area (Å²) < 4.78 is 7.45. The summed E-state index contributed by atoms with van der Waals surface area (Å²) in [6, 6.07) is 57.6. The van der Waals surface area contributed by atoms with Crippen LogP contribution in [0.15, 0.2) is 182 Å². The summed E-state index contributed by atoms with van der Waals surface area (Å²) >= 11 is 3.68. The number of rotatable bonds is 4. The van der Waals surface area contributed by atoms with Gasteiger partial charge in [0.2, 0.25) is 5.95 Å². The van der Waals surface area contributed by atoms with Gasteiger partial charge in [0, 0.05) is 79.5 Å². The lowest BCUT2D eigenvalue weighted by molar-refractivity contribution is 0.747. The van der Waals surface area contributed by atoms with Crippen molar-refractivity contribution < 1.29 is 0 Å². The van der Waals surface area contributed by atoms with E-state index in [0.29, 0.717) is 5.95 Å². The summed E-state index contributed by atoms with van der Waals surface area (Å²) in [4.78, 5) is 13.5. The molecule has 58 heavy (non-hydrogen) atoms. The van der Waals surface area contributed by atoms with E-state index in [9.17, 15) is 0 Å². The summed E-state index contributed by atoms with van der Waals surface area (Å²) in [6.07, 6.45) is 9.12. The highest BCUT2D eigenvalue weighted by Crippen LogP contribution is 2.52. The first kappa shape index (κ1) is 32.2. The third-order valence-electron chi connectivity index (χ3n) is 12.1. The number of fused-ring (bicyclic) bond motifs is 13. The molecule has 0 fully saturated rings. The smallest absolute Gasteiger partial charge is 0.235 e. The molecule has 0 amide bonds. The van der Waals surface area contributed by atoms with Gasteiger partial charge in [-0.25, -0.2) is 9.97 Å². The summed E-state index contributed by atoms with van der Waals surface area (Å²) in [5, 5.41) is 7.53. The molecule has 0 N–H and O–H groups in total. The normalized spacial score (nSPS) is 16.1. The fraction of sp³-hybridized carbons (Fsp3) is 0.0385. The van der Waals surface area contributed by atoms with E-state index in [0.717, 1.165) is 33.5 Å². The van der Waals surface area contributed by atoms with E-state index in [1.165, 1.54) is 68.1 Å². The number of hydrogen-bond acceptors (Lipinski definition) is 5. The molecule has 0 saturated heterocycles. The van der Waals surface area contributed by atoms with Gasteiger partial charge in [-0.1, -0.05) is 109 Å². The van der Waals surface area contributed by atoms with Crippen molar-refractivity contribution in [3.63, 3.8) is 0 Å². The zero-order valence-corrected chi connectivity index (χ0v) is 32.7. The topological polar surface area (TPSA) is 34.0 Å². The minimum Gasteiger partial charge on any atom is -0.333 e. The maximum atomic E-state index is 5.50. The van der Waals surface area contributed by atoms with Crippen molar-refractivity contribution in [2.75, 3.05) is 4.90 Å². The number of thiophene rings is 2. The maximum Gasteiger partial charge on any atom is 0.235 e. The number of aromatic nitrogens is 3. The lowest BCUT2D eigenvalue weighted by Crippen LogP contribution is -2.28. The molecule has 11 aromatic rings. The number of nitrogens with zero attached hydrogens (tertiary/aromatic N) is 4. The highest BCUT2D eigenvalue weighted by Gasteiger charge is 2.39. The Morgan fingerprint density at radius 1 is 0.466 bits per heavy atom. The van der Waals surface area contributed by atoms with E-state index >= 15 is 0 Å². The molecule has 0 spiro atoms. The second kappa shape index (κ2) is 12.3. The molecule has 272 valence electrons. The van der Waals surface area contributed by atoms with Crippen LogP contribution >= 0.6 is 22.7 Å². The molecule has 2 unspecified atom stereocenters. The van der Waals surface area contributed by atoms with Crippen LogP contribution in [0.3, 0.4) is 0 Å². The molecule has 2 aliphatic rings. The number of hydrogen-bond donors (Lipinski definition) is 0. The highest BCUT2D eigenvalue weighted by molar-refractivity contribution is 7.26. The van der Waals surface area contributed by atoms with Crippen molar-refractivity contribution in [1.29, 1.82) is 0 Å². The van der Waals surface area contributed by atoms with Gasteiger partial charge < -0.3 is 4.90 Å². The first-order chi connectivity index (χ1) is 28.7. The van der Waals surface area contributed by atoms with Crippen LogP contribution < -0.4 is 4.90 Å². The zero-order valence-electron chi connectivity index (χ0n) is 31.1. The van der Waals surface area contributed by atoms with E-state index in [4.69, 9.17) is 9.97 Å². The number of para-hydroxylation sites is 2. The van der Waals surface area contributed by atoms with Gasteiger partial charge in [-0.2, -0.15) is 0 Å². The Morgan fingerprint density at radius 3 is 1.74 bits per heavy atom. The first-order valence-corrected chi connectivity index (χ1v) is 21.4. The minimum atomic E-state index is 0.187. The van der Waals surface area contributed by atoms with Crippen molar-refractivity contribution in [2.24, 2.45) is 0 Å². The average molecular weight is 777 g/mol. The summed E-state index contributed by atoms with van der Waals surface area (Å²) in [6.45, 7) is 0. The van der Waals surface area contributed by atoms with Crippen molar-refractivity contribution in [3.8, 4) is 28.5 Å². The molecule has 0 radical (unpaired) electrons. The zero-order chi connectivity index (χ0) is 37.9. The number of benzene rings is 7. The highest BCUT2D eigenvalue weighted by atomic mass is 32.1. The molecule has 1 aliphatic carbocycles. The first-order valence-electron chi connectivity index (χ1n) is 19.7. The number of anilines is 2. The lowest BCUT2D eigenvalue weighted by atomic mass is 9.88. The number of allylic oxidation sites excluding steroid dienone is 2. The van der Waals surface area contributed by atoms with Crippen molar-refractivity contribution in [1.82, 2.24) is 14.5 Å². The van der Waals surface area contributed by atoms with E-state index in [-0.39, 0.29) is 12.0 Å². The van der Waals surface area contributed by atoms with Crippen LogP contribution in [-0.2, 0) is 0 Å². The van der Waals surface area contributed by atoms with Crippen molar-refractivity contribution >= 4 is 96.2 Å². The van der Waals surface area contributed by atoms with Crippen molar-refractivity contribution in [2.45, 2.75) is 12.0 Å². The molecule has 7 aromatic carbocycles. The quantitative estimate of drug-likeness (QED) is 0.178. The van der Waals surface area contributed by atoms with Crippen LogP contribution in [0.4, 0.5) is 11.4 Å². The second-order valence-electron chi connectivity index (χ2n) is 15.3. The monoisotopic (exact) mass is 776 g/mol. The van der Waals surface area contributed by atoms with E-state index in [1.807, 2.05) is 22.7 Å². The molecule has 13 rings (SSSR count). The van der Waals surface area contributed by atoms with Crippen LogP contribution in [0, 0.1) is 0 Å².